The molecule has 0 saturated carbocycles. The molecule has 0 bridgehead atoms. The molecule has 0 aliphatic rings. The van der Waals surface area contributed by atoms with Gasteiger partial charge in [0, 0.05) is 17.5 Å². The Kier molecular flexibility index (Phi) is 2.64. The lowest BCUT2D eigenvalue weighted by Crippen LogP contribution is -1.96. The van der Waals surface area contributed by atoms with Crippen molar-refractivity contribution in [1.82, 2.24) is 4.98 Å². The summed E-state index contributed by atoms with van der Waals surface area (Å²) in [4.78, 5) is 4.32. The van der Waals surface area contributed by atoms with Crippen molar-refractivity contribution in [1.29, 1.82) is 0 Å². The van der Waals surface area contributed by atoms with Crippen molar-refractivity contribution in [2.45, 2.75) is 27.2 Å². The number of pyridine rings is 1. The lowest BCUT2D eigenvalue weighted by atomic mass is 10.0. The van der Waals surface area contributed by atoms with Gasteiger partial charge in [-0.3, -0.25) is 4.98 Å². The molecule has 12 heavy (non-hydrogen) atoms. The lowest BCUT2D eigenvalue weighted by Gasteiger charge is -2.08. The molecule has 0 unspecified atom stereocenters. The summed E-state index contributed by atoms with van der Waals surface area (Å²) in [6.07, 6.45) is 2.84. The van der Waals surface area contributed by atoms with E-state index in [9.17, 15) is 0 Å². The van der Waals surface area contributed by atoms with Gasteiger partial charge in [0.05, 0.1) is 0 Å². The first kappa shape index (κ1) is 8.98. The minimum absolute atomic E-state index is 0.976. The van der Waals surface area contributed by atoms with Crippen LogP contribution < -0.4 is 0 Å². The van der Waals surface area contributed by atoms with Crippen LogP contribution in [-0.4, -0.2) is 4.98 Å². The standard InChI is InChI=1S/C11H15N/c1-5-10-11(8(2)3)9(4)6-7-12-10/h6-7H,2,5H2,1,3-4H3. The summed E-state index contributed by atoms with van der Waals surface area (Å²) in [6.45, 7) is 10.2. The predicted octanol–water partition coefficient (Wildman–Crippen LogP) is 2.99. The second-order valence-electron chi connectivity index (χ2n) is 3.08. The SMILES string of the molecule is C=C(C)c1c(C)ccnc1CC. The van der Waals surface area contributed by atoms with Crippen LogP contribution in [0.3, 0.4) is 0 Å². The Labute approximate surface area is 74.2 Å². The number of aryl methyl sites for hydroxylation is 2. The van der Waals surface area contributed by atoms with Gasteiger partial charge in [-0.25, -0.2) is 0 Å². The van der Waals surface area contributed by atoms with Gasteiger partial charge >= 0.3 is 0 Å². The zero-order chi connectivity index (χ0) is 9.14. The zero-order valence-electron chi connectivity index (χ0n) is 8.02. The topological polar surface area (TPSA) is 12.9 Å². The van der Waals surface area contributed by atoms with E-state index in [1.54, 1.807) is 0 Å². The van der Waals surface area contributed by atoms with Crippen molar-refractivity contribution >= 4 is 5.57 Å². The number of hydrogen-bond donors (Lipinski definition) is 0. The van der Waals surface area contributed by atoms with Crippen molar-refractivity contribution in [3.8, 4) is 0 Å². The van der Waals surface area contributed by atoms with E-state index in [1.165, 1.54) is 11.1 Å². The summed E-state index contributed by atoms with van der Waals surface area (Å²) in [5.74, 6) is 0. The Bertz CT molecular complexity index is 300. The van der Waals surface area contributed by atoms with E-state index < -0.39 is 0 Å². The molecular formula is C11H15N. The Morgan fingerprint density at radius 3 is 2.67 bits per heavy atom. The highest BCUT2D eigenvalue weighted by molar-refractivity contribution is 5.66. The van der Waals surface area contributed by atoms with Crippen molar-refractivity contribution in [2.24, 2.45) is 0 Å². The van der Waals surface area contributed by atoms with E-state index in [0.29, 0.717) is 0 Å². The summed E-state index contributed by atoms with van der Waals surface area (Å²) in [5.41, 5.74) is 4.77. The molecule has 1 heterocycles. The smallest absolute Gasteiger partial charge is 0.0478 e. The fourth-order valence-corrected chi connectivity index (χ4v) is 1.47. The predicted molar refractivity (Wildman–Crippen MR) is 53.1 cm³/mol. The number of nitrogens with zero attached hydrogens (tertiary/aromatic N) is 1. The molecular weight excluding hydrogens is 146 g/mol. The van der Waals surface area contributed by atoms with Crippen LogP contribution in [0.2, 0.25) is 0 Å². The van der Waals surface area contributed by atoms with E-state index in [0.717, 1.165) is 17.7 Å². The summed E-state index contributed by atoms with van der Waals surface area (Å²) in [7, 11) is 0. The maximum absolute atomic E-state index is 4.32. The molecule has 1 heteroatoms. The first-order chi connectivity index (χ1) is 5.66. The number of hydrogen-bond acceptors (Lipinski definition) is 1. The molecule has 0 aromatic carbocycles. The third-order valence-corrected chi connectivity index (χ3v) is 2.00. The molecule has 0 aliphatic carbocycles. The lowest BCUT2D eigenvalue weighted by molar-refractivity contribution is 1.01. The molecule has 0 aliphatic heterocycles. The van der Waals surface area contributed by atoms with E-state index in [4.69, 9.17) is 0 Å². The quantitative estimate of drug-likeness (QED) is 0.649. The van der Waals surface area contributed by atoms with E-state index in [1.807, 2.05) is 19.2 Å². The second kappa shape index (κ2) is 3.53. The maximum atomic E-state index is 4.32. The fourth-order valence-electron chi connectivity index (χ4n) is 1.47. The van der Waals surface area contributed by atoms with Gasteiger partial charge < -0.3 is 0 Å². The van der Waals surface area contributed by atoms with Gasteiger partial charge in [-0.1, -0.05) is 13.5 Å². The van der Waals surface area contributed by atoms with E-state index >= 15 is 0 Å². The Hall–Kier alpha value is -1.11. The van der Waals surface area contributed by atoms with E-state index in [2.05, 4.69) is 25.4 Å². The molecule has 0 spiro atoms. The van der Waals surface area contributed by atoms with Crippen molar-refractivity contribution < 1.29 is 0 Å². The summed E-state index contributed by atoms with van der Waals surface area (Å²) < 4.78 is 0. The van der Waals surface area contributed by atoms with Gasteiger partial charge in [-0.15, -0.1) is 0 Å². The largest absolute Gasteiger partial charge is 0.261 e. The van der Waals surface area contributed by atoms with Gasteiger partial charge in [-0.2, -0.15) is 0 Å². The van der Waals surface area contributed by atoms with Crippen molar-refractivity contribution in [2.75, 3.05) is 0 Å². The summed E-state index contributed by atoms with van der Waals surface area (Å²) in [6, 6.07) is 2.03. The van der Waals surface area contributed by atoms with Gasteiger partial charge in [0.1, 0.15) is 0 Å². The molecule has 1 aromatic heterocycles. The molecule has 1 aromatic rings. The van der Waals surface area contributed by atoms with Gasteiger partial charge in [-0.05, 0) is 37.5 Å². The monoisotopic (exact) mass is 161 g/mol. The molecule has 0 amide bonds. The molecule has 0 saturated heterocycles. The average molecular weight is 161 g/mol. The highest BCUT2D eigenvalue weighted by Crippen LogP contribution is 2.19. The molecule has 0 fully saturated rings. The Balaban J connectivity index is 3.29. The van der Waals surface area contributed by atoms with Crippen LogP contribution >= 0.6 is 0 Å². The van der Waals surface area contributed by atoms with Crippen molar-refractivity contribution in [3.63, 3.8) is 0 Å². The van der Waals surface area contributed by atoms with Crippen LogP contribution in [0.1, 0.15) is 30.7 Å². The van der Waals surface area contributed by atoms with Crippen LogP contribution in [0.5, 0.6) is 0 Å². The number of aromatic nitrogens is 1. The third kappa shape index (κ3) is 1.55. The Morgan fingerprint density at radius 2 is 2.25 bits per heavy atom. The van der Waals surface area contributed by atoms with Crippen LogP contribution in [0.25, 0.3) is 5.57 Å². The van der Waals surface area contributed by atoms with Crippen molar-refractivity contribution in [3.05, 3.63) is 35.7 Å². The summed E-state index contributed by atoms with van der Waals surface area (Å²) >= 11 is 0. The minimum atomic E-state index is 0.976. The minimum Gasteiger partial charge on any atom is -0.261 e. The average Bonchev–Trinajstić information content (AvgIpc) is 2.03. The second-order valence-corrected chi connectivity index (χ2v) is 3.08. The molecule has 0 atom stereocenters. The van der Waals surface area contributed by atoms with Gasteiger partial charge in [0.2, 0.25) is 0 Å². The van der Waals surface area contributed by atoms with E-state index in [-0.39, 0.29) is 0 Å². The first-order valence-electron chi connectivity index (χ1n) is 4.27. The highest BCUT2D eigenvalue weighted by Gasteiger charge is 2.04. The highest BCUT2D eigenvalue weighted by atomic mass is 14.7. The zero-order valence-corrected chi connectivity index (χ0v) is 8.02. The number of rotatable bonds is 2. The Morgan fingerprint density at radius 1 is 1.58 bits per heavy atom. The molecule has 1 rings (SSSR count). The molecule has 0 radical (unpaired) electrons. The fraction of sp³-hybridized carbons (Fsp3) is 0.364. The molecule has 1 nitrogen and oxygen atoms in total. The number of allylic oxidation sites excluding steroid dienone is 1. The van der Waals surface area contributed by atoms with Crippen LogP contribution in [0.4, 0.5) is 0 Å². The van der Waals surface area contributed by atoms with Gasteiger partial charge in [0.25, 0.3) is 0 Å². The third-order valence-electron chi connectivity index (χ3n) is 2.00. The maximum Gasteiger partial charge on any atom is 0.0478 e. The normalized spacial score (nSPS) is 9.92. The molecule has 0 N–H and O–H groups in total. The molecule has 64 valence electrons. The van der Waals surface area contributed by atoms with Crippen LogP contribution in [-0.2, 0) is 6.42 Å². The van der Waals surface area contributed by atoms with Gasteiger partial charge in [0.15, 0.2) is 0 Å². The van der Waals surface area contributed by atoms with Crippen LogP contribution in [0.15, 0.2) is 18.8 Å². The summed E-state index contributed by atoms with van der Waals surface area (Å²) in [5, 5.41) is 0. The van der Waals surface area contributed by atoms with Crippen LogP contribution in [0, 0.1) is 6.92 Å². The first-order valence-corrected chi connectivity index (χ1v) is 4.27.